The van der Waals surface area contributed by atoms with E-state index in [-0.39, 0.29) is 27.8 Å². The lowest BCUT2D eigenvalue weighted by Crippen LogP contribution is -2.59. The summed E-state index contributed by atoms with van der Waals surface area (Å²) in [6.07, 6.45) is 0.866. The molecule has 0 aromatic heterocycles. The quantitative estimate of drug-likeness (QED) is 0.627. The highest BCUT2D eigenvalue weighted by molar-refractivity contribution is 7.92. The molecule has 10 heteroatoms. The summed E-state index contributed by atoms with van der Waals surface area (Å²) >= 11 is 6.45. The first-order chi connectivity index (χ1) is 15.3. The molecule has 1 aromatic carbocycles. The molecule has 0 spiro atoms. The van der Waals surface area contributed by atoms with E-state index in [0.717, 1.165) is 36.8 Å². The second-order valence-corrected chi connectivity index (χ2v) is 13.1. The summed E-state index contributed by atoms with van der Waals surface area (Å²) in [6.45, 7) is 8.94. The third-order valence-corrected chi connectivity index (χ3v) is 9.84. The third kappa shape index (κ3) is 5.00. The van der Waals surface area contributed by atoms with Crippen LogP contribution in [-0.2, 0) is 14.6 Å². The Kier molecular flexibility index (Phi) is 6.46. The Morgan fingerprint density at radius 2 is 1.73 bits per heavy atom. The maximum absolute atomic E-state index is 13.3. The summed E-state index contributed by atoms with van der Waals surface area (Å²) in [7, 11) is -3.73. The molecule has 0 bridgehead atoms. The van der Waals surface area contributed by atoms with Gasteiger partial charge in [-0.2, -0.15) is 0 Å². The van der Waals surface area contributed by atoms with Crippen LogP contribution in [0, 0.1) is 5.92 Å². The van der Waals surface area contributed by atoms with Crippen molar-refractivity contribution in [2.75, 3.05) is 44.2 Å². The number of carbonyl (C=O) groups is 1. The first-order valence-corrected chi connectivity index (χ1v) is 13.4. The fraction of sp³-hybridized carbons (Fsp3) is 0.696. The van der Waals surface area contributed by atoms with Crippen molar-refractivity contribution >= 4 is 33.0 Å². The van der Waals surface area contributed by atoms with E-state index >= 15 is 0 Å². The van der Waals surface area contributed by atoms with Crippen LogP contribution in [0.1, 0.15) is 40.0 Å². The number of sulfone groups is 1. The monoisotopic (exact) mass is 503 g/mol. The third-order valence-electron chi connectivity index (χ3n) is 7.14. The van der Waals surface area contributed by atoms with Crippen molar-refractivity contribution in [3.63, 3.8) is 0 Å². The number of hydrogen-bond donors (Lipinski definition) is 0. The van der Waals surface area contributed by atoms with E-state index in [1.54, 1.807) is 18.2 Å². The number of hydrogen-bond acceptors (Lipinski definition) is 5. The number of amides is 1. The second-order valence-electron chi connectivity index (χ2n) is 10.5. The molecule has 2 heterocycles. The molecule has 4 rings (SSSR count). The minimum absolute atomic E-state index is 0.0785. The molecule has 3 aliphatic rings. The lowest BCUT2D eigenvalue weighted by atomic mass is 10.0. The number of piperazine rings is 1. The number of alkyl halides is 2. The first kappa shape index (κ1) is 24.7. The van der Waals surface area contributed by atoms with Gasteiger partial charge >= 0.3 is 0 Å². The van der Waals surface area contributed by atoms with Crippen molar-refractivity contribution in [3.8, 4) is 0 Å². The van der Waals surface area contributed by atoms with Gasteiger partial charge in [-0.3, -0.25) is 9.69 Å². The van der Waals surface area contributed by atoms with Crippen LogP contribution in [0.3, 0.4) is 0 Å². The predicted molar refractivity (Wildman–Crippen MR) is 125 cm³/mol. The van der Waals surface area contributed by atoms with Gasteiger partial charge in [0.1, 0.15) is 0 Å². The van der Waals surface area contributed by atoms with Gasteiger partial charge in [-0.1, -0.05) is 11.6 Å². The van der Waals surface area contributed by atoms with Crippen molar-refractivity contribution in [1.82, 2.24) is 9.80 Å². The number of rotatable bonds is 4. The van der Waals surface area contributed by atoms with Crippen LogP contribution < -0.4 is 4.90 Å². The summed E-state index contributed by atoms with van der Waals surface area (Å²) in [4.78, 5) is 18.3. The Labute approximate surface area is 199 Å². The van der Waals surface area contributed by atoms with Crippen molar-refractivity contribution in [2.24, 2.45) is 5.92 Å². The molecule has 184 valence electrons. The molecule has 0 unspecified atom stereocenters. The maximum atomic E-state index is 13.3. The van der Waals surface area contributed by atoms with Crippen LogP contribution in [0.15, 0.2) is 23.1 Å². The Morgan fingerprint density at radius 3 is 2.27 bits per heavy atom. The second kappa shape index (κ2) is 8.64. The van der Waals surface area contributed by atoms with Crippen LogP contribution in [0.5, 0.6) is 0 Å². The maximum Gasteiger partial charge on any atom is 0.282 e. The van der Waals surface area contributed by atoms with Crippen molar-refractivity contribution in [2.45, 2.75) is 61.6 Å². The summed E-state index contributed by atoms with van der Waals surface area (Å²) in [5, 5.41) is -0.546. The largest absolute Gasteiger partial charge is 0.369 e. The summed E-state index contributed by atoms with van der Waals surface area (Å²) < 4.78 is 52.7. The minimum Gasteiger partial charge on any atom is -0.369 e. The van der Waals surface area contributed by atoms with Crippen molar-refractivity contribution in [3.05, 3.63) is 23.2 Å². The molecule has 1 aliphatic carbocycles. The van der Waals surface area contributed by atoms with Crippen LogP contribution in [0.4, 0.5) is 14.5 Å². The number of likely N-dealkylation sites (tertiary alicyclic amines) is 1. The van der Waals surface area contributed by atoms with E-state index < -0.39 is 40.0 Å². The van der Waals surface area contributed by atoms with Crippen molar-refractivity contribution in [1.29, 1.82) is 0 Å². The first-order valence-electron chi connectivity index (χ1n) is 11.5. The average molecular weight is 504 g/mol. The van der Waals surface area contributed by atoms with E-state index in [2.05, 4.69) is 30.6 Å². The zero-order chi connectivity index (χ0) is 24.2. The predicted octanol–water partition coefficient (Wildman–Crippen LogP) is 3.68. The van der Waals surface area contributed by atoms with Gasteiger partial charge in [-0.15, -0.1) is 0 Å². The van der Waals surface area contributed by atoms with E-state index in [4.69, 9.17) is 11.6 Å². The van der Waals surface area contributed by atoms with E-state index in [9.17, 15) is 22.0 Å². The van der Waals surface area contributed by atoms with E-state index in [1.807, 2.05) is 0 Å². The number of benzene rings is 1. The van der Waals surface area contributed by atoms with Crippen LogP contribution in [0.25, 0.3) is 0 Å². The highest BCUT2D eigenvalue weighted by Gasteiger charge is 2.49. The molecule has 2 saturated heterocycles. The molecule has 1 aromatic rings. The zero-order valence-electron chi connectivity index (χ0n) is 19.4. The Bertz CT molecular complexity index is 1010. The average Bonchev–Trinajstić information content (AvgIpc) is 3.22. The standard InChI is InChI=1S/C23H32ClF2N3O3S/c1-22(2,3)29-10-8-27(9-11-29)17-5-7-20(19(24)13-17)33(31,32)18-6-4-16(12-18)21(30)28-14-23(25,26)15-28/h5,7,13,16,18H,4,6,8-12,14-15H2,1-3H3/t16-,18-/m1/s1. The van der Waals surface area contributed by atoms with E-state index in [1.165, 1.54) is 0 Å². The minimum atomic E-state index is -3.73. The zero-order valence-corrected chi connectivity index (χ0v) is 20.9. The summed E-state index contributed by atoms with van der Waals surface area (Å²) in [5.41, 5.74) is 1.00. The van der Waals surface area contributed by atoms with Gasteiger partial charge in [0, 0.05) is 43.3 Å². The lowest BCUT2D eigenvalue weighted by Gasteiger charge is -2.43. The van der Waals surface area contributed by atoms with Gasteiger partial charge in [0.15, 0.2) is 9.84 Å². The van der Waals surface area contributed by atoms with Gasteiger partial charge in [0.05, 0.1) is 28.3 Å². The molecular formula is C23H32ClF2N3O3S. The number of anilines is 1. The smallest absolute Gasteiger partial charge is 0.282 e. The Balaban J connectivity index is 1.41. The van der Waals surface area contributed by atoms with Gasteiger partial charge in [-0.05, 0) is 58.2 Å². The molecule has 0 N–H and O–H groups in total. The molecule has 0 radical (unpaired) electrons. The van der Waals surface area contributed by atoms with Crippen molar-refractivity contribution < 1.29 is 22.0 Å². The Morgan fingerprint density at radius 1 is 1.09 bits per heavy atom. The SMILES string of the molecule is CC(C)(C)N1CCN(c2ccc(S(=O)(=O)[C@@H]3CC[C@@H](C(=O)N4CC(F)(F)C4)C3)c(Cl)c2)CC1. The van der Waals surface area contributed by atoms with Gasteiger partial charge in [0.25, 0.3) is 5.92 Å². The number of halogens is 3. The molecule has 2 atom stereocenters. The van der Waals surface area contributed by atoms with Crippen LogP contribution in [-0.4, -0.2) is 80.1 Å². The molecule has 33 heavy (non-hydrogen) atoms. The van der Waals surface area contributed by atoms with Crippen LogP contribution >= 0.6 is 11.6 Å². The molecule has 1 saturated carbocycles. The highest BCUT2D eigenvalue weighted by Crippen LogP contribution is 2.39. The topological polar surface area (TPSA) is 60.9 Å². The fourth-order valence-corrected chi connectivity index (χ4v) is 7.48. The van der Waals surface area contributed by atoms with Gasteiger partial charge < -0.3 is 9.80 Å². The molecule has 2 aliphatic heterocycles. The molecular weight excluding hydrogens is 472 g/mol. The van der Waals surface area contributed by atoms with Gasteiger partial charge in [-0.25, -0.2) is 17.2 Å². The van der Waals surface area contributed by atoms with Crippen LogP contribution in [0.2, 0.25) is 5.02 Å². The molecule has 6 nitrogen and oxygen atoms in total. The number of carbonyl (C=O) groups excluding carboxylic acids is 1. The summed E-state index contributed by atoms with van der Waals surface area (Å²) in [5.74, 6) is -3.72. The van der Waals surface area contributed by atoms with Gasteiger partial charge in [0.2, 0.25) is 5.91 Å². The number of nitrogens with zero attached hydrogens (tertiary/aromatic N) is 3. The summed E-state index contributed by atoms with van der Waals surface area (Å²) in [6, 6.07) is 5.07. The Hall–Kier alpha value is -1.45. The van der Waals surface area contributed by atoms with E-state index in [0.29, 0.717) is 12.8 Å². The fourth-order valence-electron chi connectivity index (χ4n) is 5.10. The normalized spacial score (nSPS) is 26.4. The lowest BCUT2D eigenvalue weighted by molar-refractivity contribution is -0.169. The molecule has 3 fully saturated rings. The molecule has 1 amide bonds. The highest BCUT2D eigenvalue weighted by atomic mass is 35.5.